The first-order chi connectivity index (χ1) is 18.5. The lowest BCUT2D eigenvalue weighted by atomic mass is 10.0. The second kappa shape index (κ2) is 13.6. The summed E-state index contributed by atoms with van der Waals surface area (Å²) in [4.78, 5) is 29.1. The van der Waals surface area contributed by atoms with E-state index in [-0.39, 0.29) is 35.5 Å². The zero-order valence-corrected chi connectivity index (χ0v) is 24.4. The van der Waals surface area contributed by atoms with Crippen LogP contribution in [0.3, 0.4) is 0 Å². The number of benzene rings is 3. The number of nitrogens with zero attached hydrogens (tertiary/aromatic N) is 2. The van der Waals surface area contributed by atoms with Crippen LogP contribution in [0.15, 0.2) is 78.9 Å². The standard InChI is InChI=1S/C30H36ClN3O4S/c1-22(2)19-32-30(36)28(18-24-12-6-5-7-13-24)33(20-25-14-10-11-23(3)17-25)29(35)21-34(39(4,37)38)27-16-9-8-15-26(27)31/h5-17,22,28H,18-21H2,1-4H3,(H,32,36). The Labute approximate surface area is 236 Å². The molecule has 0 fully saturated rings. The molecule has 7 nitrogen and oxygen atoms in total. The highest BCUT2D eigenvalue weighted by Gasteiger charge is 2.33. The van der Waals surface area contributed by atoms with Crippen LogP contribution in [0.1, 0.15) is 30.5 Å². The average molecular weight is 570 g/mol. The van der Waals surface area contributed by atoms with Gasteiger partial charge in [-0.15, -0.1) is 0 Å². The van der Waals surface area contributed by atoms with Gasteiger partial charge in [0.25, 0.3) is 0 Å². The Kier molecular flexibility index (Phi) is 10.5. The molecule has 0 aliphatic rings. The molecular weight excluding hydrogens is 534 g/mol. The van der Waals surface area contributed by atoms with Gasteiger partial charge in [-0.3, -0.25) is 13.9 Å². The van der Waals surface area contributed by atoms with E-state index >= 15 is 0 Å². The Morgan fingerprint density at radius 1 is 0.923 bits per heavy atom. The summed E-state index contributed by atoms with van der Waals surface area (Å²) in [6, 6.07) is 22.8. The van der Waals surface area contributed by atoms with E-state index in [4.69, 9.17) is 11.6 Å². The second-order valence-electron chi connectivity index (χ2n) is 10.1. The van der Waals surface area contributed by atoms with E-state index in [2.05, 4.69) is 5.32 Å². The fourth-order valence-electron chi connectivity index (χ4n) is 4.23. The Bertz CT molecular complexity index is 1380. The topological polar surface area (TPSA) is 86.8 Å². The number of sulfonamides is 1. The summed E-state index contributed by atoms with van der Waals surface area (Å²) in [6.07, 6.45) is 1.30. The molecule has 0 spiro atoms. The number of halogens is 1. The van der Waals surface area contributed by atoms with E-state index < -0.39 is 28.5 Å². The van der Waals surface area contributed by atoms with Crippen LogP contribution in [0.5, 0.6) is 0 Å². The van der Waals surface area contributed by atoms with Gasteiger partial charge < -0.3 is 10.2 Å². The molecule has 0 aromatic heterocycles. The molecule has 1 unspecified atom stereocenters. The highest BCUT2D eigenvalue weighted by Crippen LogP contribution is 2.27. The average Bonchev–Trinajstić information content (AvgIpc) is 2.88. The molecule has 0 saturated carbocycles. The lowest BCUT2D eigenvalue weighted by molar-refractivity contribution is -0.140. The molecule has 3 aromatic rings. The summed E-state index contributed by atoms with van der Waals surface area (Å²) < 4.78 is 26.7. The van der Waals surface area contributed by atoms with Crippen molar-refractivity contribution in [3.63, 3.8) is 0 Å². The predicted molar refractivity (Wildman–Crippen MR) is 157 cm³/mol. The van der Waals surface area contributed by atoms with Crippen LogP contribution in [0, 0.1) is 12.8 Å². The molecule has 0 aliphatic heterocycles. The predicted octanol–water partition coefficient (Wildman–Crippen LogP) is 4.83. The van der Waals surface area contributed by atoms with Gasteiger partial charge >= 0.3 is 0 Å². The number of anilines is 1. The van der Waals surface area contributed by atoms with Crippen molar-refractivity contribution < 1.29 is 18.0 Å². The van der Waals surface area contributed by atoms with Gasteiger partial charge in [-0.25, -0.2) is 8.42 Å². The number of carbonyl (C=O) groups is 2. The van der Waals surface area contributed by atoms with Gasteiger partial charge in [0.1, 0.15) is 12.6 Å². The van der Waals surface area contributed by atoms with Crippen molar-refractivity contribution in [1.29, 1.82) is 0 Å². The summed E-state index contributed by atoms with van der Waals surface area (Å²) >= 11 is 6.33. The number of aryl methyl sites for hydroxylation is 1. The third-order valence-corrected chi connectivity index (χ3v) is 7.64. The van der Waals surface area contributed by atoms with Gasteiger partial charge in [0.05, 0.1) is 17.0 Å². The lowest BCUT2D eigenvalue weighted by Crippen LogP contribution is -2.53. The Hall–Kier alpha value is -3.36. The third kappa shape index (κ3) is 8.83. The monoisotopic (exact) mass is 569 g/mol. The van der Waals surface area contributed by atoms with E-state index in [0.29, 0.717) is 6.54 Å². The van der Waals surface area contributed by atoms with Crippen LogP contribution in [0.2, 0.25) is 5.02 Å². The maximum Gasteiger partial charge on any atom is 0.244 e. The molecule has 3 aromatic carbocycles. The number of para-hydroxylation sites is 1. The maximum atomic E-state index is 14.0. The molecule has 0 aliphatic carbocycles. The van der Waals surface area contributed by atoms with Crippen LogP contribution in [0.25, 0.3) is 0 Å². The van der Waals surface area contributed by atoms with Crippen molar-refractivity contribution in [2.24, 2.45) is 5.92 Å². The van der Waals surface area contributed by atoms with E-state index in [1.807, 2.05) is 75.4 Å². The van der Waals surface area contributed by atoms with Crippen molar-refractivity contribution in [3.05, 3.63) is 101 Å². The largest absolute Gasteiger partial charge is 0.354 e. The molecule has 0 saturated heterocycles. The summed E-state index contributed by atoms with van der Waals surface area (Å²) in [5, 5.41) is 3.18. The summed E-state index contributed by atoms with van der Waals surface area (Å²) in [6.45, 7) is 6.02. The maximum absolute atomic E-state index is 14.0. The molecule has 3 rings (SSSR count). The van der Waals surface area contributed by atoms with Crippen LogP contribution in [-0.4, -0.2) is 50.5 Å². The van der Waals surface area contributed by atoms with Crippen molar-refractivity contribution in [2.45, 2.75) is 39.8 Å². The van der Waals surface area contributed by atoms with Crippen LogP contribution in [0.4, 0.5) is 5.69 Å². The Balaban J connectivity index is 2.05. The van der Waals surface area contributed by atoms with E-state index in [1.54, 1.807) is 24.3 Å². The van der Waals surface area contributed by atoms with Crippen LogP contribution in [-0.2, 0) is 32.6 Å². The minimum Gasteiger partial charge on any atom is -0.354 e. The van der Waals surface area contributed by atoms with Gasteiger partial charge in [0.15, 0.2) is 0 Å². The molecule has 1 atom stereocenters. The summed E-state index contributed by atoms with van der Waals surface area (Å²) in [7, 11) is -3.87. The van der Waals surface area contributed by atoms with Crippen molar-refractivity contribution in [1.82, 2.24) is 10.2 Å². The van der Waals surface area contributed by atoms with Gasteiger partial charge in [0.2, 0.25) is 21.8 Å². The number of nitrogens with one attached hydrogen (secondary N) is 1. The zero-order chi connectivity index (χ0) is 28.6. The molecule has 9 heteroatoms. The van der Waals surface area contributed by atoms with Gasteiger partial charge in [-0.05, 0) is 36.1 Å². The Morgan fingerprint density at radius 3 is 2.18 bits per heavy atom. The molecule has 0 bridgehead atoms. The van der Waals surface area contributed by atoms with Crippen molar-refractivity contribution in [2.75, 3.05) is 23.7 Å². The van der Waals surface area contributed by atoms with Crippen molar-refractivity contribution in [3.8, 4) is 0 Å². The van der Waals surface area contributed by atoms with E-state index in [9.17, 15) is 18.0 Å². The highest BCUT2D eigenvalue weighted by atomic mass is 35.5. The number of hydrogen-bond donors (Lipinski definition) is 1. The first-order valence-electron chi connectivity index (χ1n) is 12.8. The highest BCUT2D eigenvalue weighted by molar-refractivity contribution is 7.92. The summed E-state index contributed by atoms with van der Waals surface area (Å²) in [5.41, 5.74) is 2.93. The normalized spacial score (nSPS) is 12.2. The third-order valence-electron chi connectivity index (χ3n) is 6.19. The molecule has 208 valence electrons. The van der Waals surface area contributed by atoms with Crippen LogP contribution < -0.4 is 9.62 Å². The first-order valence-corrected chi connectivity index (χ1v) is 15.1. The smallest absolute Gasteiger partial charge is 0.244 e. The van der Waals surface area contributed by atoms with Gasteiger partial charge in [0, 0.05) is 19.5 Å². The molecule has 2 amide bonds. The SMILES string of the molecule is Cc1cccc(CN(C(=O)CN(c2ccccc2Cl)S(C)(=O)=O)C(Cc2ccccc2)C(=O)NCC(C)C)c1. The van der Waals surface area contributed by atoms with E-state index in [1.165, 1.54) is 4.90 Å². The number of rotatable bonds is 12. The minimum atomic E-state index is -3.87. The van der Waals surface area contributed by atoms with Crippen LogP contribution >= 0.6 is 11.6 Å². The molecule has 39 heavy (non-hydrogen) atoms. The van der Waals surface area contributed by atoms with Gasteiger partial charge in [-0.1, -0.05) is 97.7 Å². The van der Waals surface area contributed by atoms with Crippen molar-refractivity contribution >= 4 is 39.1 Å². The zero-order valence-electron chi connectivity index (χ0n) is 22.8. The molecular formula is C30H36ClN3O4S. The number of carbonyl (C=O) groups excluding carboxylic acids is 2. The number of amides is 2. The first kappa shape index (κ1) is 30.2. The molecule has 1 N–H and O–H groups in total. The summed E-state index contributed by atoms with van der Waals surface area (Å²) in [5.74, 6) is -0.590. The fraction of sp³-hybridized carbons (Fsp3) is 0.333. The Morgan fingerprint density at radius 2 is 1.56 bits per heavy atom. The van der Waals surface area contributed by atoms with E-state index in [0.717, 1.165) is 27.3 Å². The molecule has 0 heterocycles. The van der Waals surface area contributed by atoms with Gasteiger partial charge in [-0.2, -0.15) is 0 Å². The molecule has 0 radical (unpaired) electrons. The second-order valence-corrected chi connectivity index (χ2v) is 12.4. The quantitative estimate of drug-likeness (QED) is 0.338. The lowest BCUT2D eigenvalue weighted by Gasteiger charge is -2.34. The minimum absolute atomic E-state index is 0.132. The fourth-order valence-corrected chi connectivity index (χ4v) is 5.38. The number of hydrogen-bond acceptors (Lipinski definition) is 4.